The Bertz CT molecular complexity index is 1010. The van der Waals surface area contributed by atoms with Crippen LogP contribution < -0.4 is 4.90 Å². The van der Waals surface area contributed by atoms with Gasteiger partial charge < -0.3 is 9.80 Å². The highest BCUT2D eigenvalue weighted by molar-refractivity contribution is 5.97. The third-order valence-corrected chi connectivity index (χ3v) is 6.13. The van der Waals surface area contributed by atoms with Crippen LogP contribution in [0.15, 0.2) is 48.5 Å². The van der Waals surface area contributed by atoms with E-state index in [-0.39, 0.29) is 23.9 Å². The van der Waals surface area contributed by atoms with Crippen molar-refractivity contribution in [3.63, 3.8) is 0 Å². The van der Waals surface area contributed by atoms with Gasteiger partial charge in [0.25, 0.3) is 5.91 Å². The zero-order chi connectivity index (χ0) is 22.4. The van der Waals surface area contributed by atoms with E-state index in [1.54, 1.807) is 11.0 Å². The number of nitrogens with zero attached hydrogens (tertiary/aromatic N) is 3. The van der Waals surface area contributed by atoms with Gasteiger partial charge in [0.15, 0.2) is 0 Å². The Balaban J connectivity index is 1.53. The van der Waals surface area contributed by atoms with Crippen molar-refractivity contribution in [1.82, 2.24) is 9.80 Å². The van der Waals surface area contributed by atoms with E-state index in [0.29, 0.717) is 31.7 Å². The van der Waals surface area contributed by atoms with Gasteiger partial charge in [-0.25, -0.2) is 4.39 Å². The second-order valence-corrected chi connectivity index (χ2v) is 8.09. The maximum Gasteiger partial charge on any atom is 0.416 e. The molecule has 0 saturated carbocycles. The normalized spacial score (nSPS) is 22.4. The molecule has 2 aliphatic heterocycles. The van der Waals surface area contributed by atoms with E-state index >= 15 is 0 Å². The number of rotatable bonds is 2. The quantitative estimate of drug-likeness (QED) is 0.680. The van der Waals surface area contributed by atoms with E-state index in [0.717, 1.165) is 12.1 Å². The van der Waals surface area contributed by atoms with Gasteiger partial charge in [-0.1, -0.05) is 6.07 Å². The van der Waals surface area contributed by atoms with Crippen LogP contribution >= 0.6 is 0 Å². The summed E-state index contributed by atoms with van der Waals surface area (Å²) in [5, 5.41) is 0. The summed E-state index contributed by atoms with van der Waals surface area (Å²) >= 11 is 0. The molecule has 2 fully saturated rings. The first kappa shape index (κ1) is 21.3. The number of hydrogen-bond acceptors (Lipinski definition) is 3. The number of piperazine rings is 1. The standard InChI is InChI=1S/C22H21F4N3O2/c1-27-12-19(30)29(18-4-2-3-17(23)11-18)14-21(27)9-10-28(13-21)20(31)15-5-7-16(8-6-15)22(24,25)26/h2-8,11H,9-10,12-14H2,1H3/t21-/m0/s1. The molecule has 1 spiro atoms. The first-order chi connectivity index (χ1) is 14.6. The van der Waals surface area contributed by atoms with Crippen molar-refractivity contribution in [2.24, 2.45) is 0 Å². The van der Waals surface area contributed by atoms with Gasteiger partial charge in [0, 0.05) is 30.9 Å². The van der Waals surface area contributed by atoms with Crippen molar-refractivity contribution >= 4 is 17.5 Å². The highest BCUT2D eigenvalue weighted by Gasteiger charge is 2.48. The lowest BCUT2D eigenvalue weighted by atomic mass is 9.92. The molecule has 2 heterocycles. The van der Waals surface area contributed by atoms with Crippen LogP contribution in [0.4, 0.5) is 23.2 Å². The van der Waals surface area contributed by atoms with E-state index in [2.05, 4.69) is 0 Å². The second-order valence-electron chi connectivity index (χ2n) is 8.09. The molecule has 0 radical (unpaired) electrons. The highest BCUT2D eigenvalue weighted by atomic mass is 19.4. The summed E-state index contributed by atoms with van der Waals surface area (Å²) in [5.41, 5.74) is -0.674. The Morgan fingerprint density at radius 3 is 2.42 bits per heavy atom. The Hall–Kier alpha value is -2.94. The highest BCUT2D eigenvalue weighted by Crippen LogP contribution is 2.34. The van der Waals surface area contributed by atoms with Crippen LogP contribution in [0.2, 0.25) is 0 Å². The van der Waals surface area contributed by atoms with Crippen LogP contribution in [0.5, 0.6) is 0 Å². The summed E-state index contributed by atoms with van der Waals surface area (Å²) < 4.78 is 52.0. The van der Waals surface area contributed by atoms with E-state index in [1.165, 1.54) is 35.2 Å². The van der Waals surface area contributed by atoms with Crippen molar-refractivity contribution in [1.29, 1.82) is 0 Å². The van der Waals surface area contributed by atoms with Crippen LogP contribution in [0.25, 0.3) is 0 Å². The van der Waals surface area contributed by atoms with Gasteiger partial charge in [-0.3, -0.25) is 14.5 Å². The predicted molar refractivity (Wildman–Crippen MR) is 106 cm³/mol. The third-order valence-electron chi connectivity index (χ3n) is 6.13. The maximum absolute atomic E-state index is 13.7. The topological polar surface area (TPSA) is 43.9 Å². The molecule has 2 aliphatic rings. The molecule has 0 bridgehead atoms. The van der Waals surface area contributed by atoms with Crippen molar-refractivity contribution < 1.29 is 27.2 Å². The molecule has 0 unspecified atom stereocenters. The third kappa shape index (κ3) is 4.01. The fraction of sp³-hybridized carbons (Fsp3) is 0.364. The molecule has 2 saturated heterocycles. The van der Waals surface area contributed by atoms with Crippen LogP contribution in [0, 0.1) is 5.82 Å². The molecular formula is C22H21F4N3O2. The van der Waals surface area contributed by atoms with Gasteiger partial charge in [0.2, 0.25) is 5.91 Å². The van der Waals surface area contributed by atoms with Gasteiger partial charge in [-0.15, -0.1) is 0 Å². The van der Waals surface area contributed by atoms with Crippen molar-refractivity contribution in [3.05, 3.63) is 65.5 Å². The van der Waals surface area contributed by atoms with Crippen LogP contribution in [0.3, 0.4) is 0 Å². The molecule has 4 rings (SSSR count). The Morgan fingerprint density at radius 2 is 1.77 bits per heavy atom. The molecule has 2 amide bonds. The minimum Gasteiger partial charge on any atom is -0.337 e. The lowest BCUT2D eigenvalue weighted by Crippen LogP contribution is -2.64. The largest absolute Gasteiger partial charge is 0.416 e. The summed E-state index contributed by atoms with van der Waals surface area (Å²) in [7, 11) is 1.81. The average Bonchev–Trinajstić information content (AvgIpc) is 3.15. The summed E-state index contributed by atoms with van der Waals surface area (Å²) in [6.07, 6.45) is -3.87. The summed E-state index contributed by atoms with van der Waals surface area (Å²) in [4.78, 5) is 30.5. The molecule has 164 valence electrons. The van der Waals surface area contributed by atoms with Crippen LogP contribution in [-0.2, 0) is 11.0 Å². The molecule has 0 aromatic heterocycles. The minimum atomic E-state index is -4.46. The first-order valence-corrected chi connectivity index (χ1v) is 9.83. The SMILES string of the molecule is CN1CC(=O)N(c2cccc(F)c2)C[C@@]12CCN(C(=O)c1ccc(C(F)(F)F)cc1)C2. The summed E-state index contributed by atoms with van der Waals surface area (Å²) in [6.45, 7) is 1.15. The van der Waals surface area contributed by atoms with Gasteiger partial charge >= 0.3 is 6.18 Å². The molecular weight excluding hydrogens is 414 g/mol. The molecule has 31 heavy (non-hydrogen) atoms. The van der Waals surface area contributed by atoms with Crippen LogP contribution in [0.1, 0.15) is 22.3 Å². The number of likely N-dealkylation sites (tertiary alicyclic amines) is 1. The van der Waals surface area contributed by atoms with E-state index in [4.69, 9.17) is 0 Å². The number of likely N-dealkylation sites (N-methyl/N-ethyl adjacent to an activating group) is 1. The number of anilines is 1. The monoisotopic (exact) mass is 435 g/mol. The summed E-state index contributed by atoms with van der Waals surface area (Å²) in [5.74, 6) is -0.955. The zero-order valence-corrected chi connectivity index (χ0v) is 16.8. The minimum absolute atomic E-state index is 0.124. The fourth-order valence-corrected chi connectivity index (χ4v) is 4.29. The van der Waals surface area contributed by atoms with Crippen molar-refractivity contribution in [2.45, 2.75) is 18.1 Å². The first-order valence-electron chi connectivity index (χ1n) is 9.83. The Labute approximate surface area is 176 Å². The second kappa shape index (κ2) is 7.64. The molecule has 9 heteroatoms. The lowest BCUT2D eigenvalue weighted by molar-refractivity contribution is -0.137. The van der Waals surface area contributed by atoms with E-state index in [9.17, 15) is 27.2 Å². The predicted octanol–water partition coefficient (Wildman–Crippen LogP) is 3.41. The number of carbonyl (C=O) groups excluding carboxylic acids is 2. The summed E-state index contributed by atoms with van der Waals surface area (Å²) in [6, 6.07) is 9.98. The lowest BCUT2D eigenvalue weighted by Gasteiger charge is -2.46. The van der Waals surface area contributed by atoms with Gasteiger partial charge in [0.1, 0.15) is 5.82 Å². The van der Waals surface area contributed by atoms with E-state index < -0.39 is 23.1 Å². The van der Waals surface area contributed by atoms with Gasteiger partial charge in [-0.05, 0) is 55.9 Å². The van der Waals surface area contributed by atoms with Gasteiger partial charge in [-0.2, -0.15) is 13.2 Å². The van der Waals surface area contributed by atoms with Gasteiger partial charge in [0.05, 0.1) is 17.6 Å². The molecule has 5 nitrogen and oxygen atoms in total. The van der Waals surface area contributed by atoms with E-state index in [1.807, 2.05) is 11.9 Å². The number of benzene rings is 2. The number of hydrogen-bond donors (Lipinski definition) is 0. The smallest absolute Gasteiger partial charge is 0.337 e. The molecule has 1 atom stereocenters. The van der Waals surface area contributed by atoms with Crippen LogP contribution in [-0.4, -0.2) is 60.4 Å². The number of amides is 2. The molecule has 2 aromatic carbocycles. The van der Waals surface area contributed by atoms with Crippen molar-refractivity contribution in [2.75, 3.05) is 38.1 Å². The zero-order valence-electron chi connectivity index (χ0n) is 16.8. The maximum atomic E-state index is 13.7. The Morgan fingerprint density at radius 1 is 1.06 bits per heavy atom. The fourth-order valence-electron chi connectivity index (χ4n) is 4.29. The number of halogens is 4. The Kier molecular flexibility index (Phi) is 5.25. The average molecular weight is 435 g/mol. The number of alkyl halides is 3. The number of carbonyl (C=O) groups is 2. The van der Waals surface area contributed by atoms with Crippen molar-refractivity contribution in [3.8, 4) is 0 Å². The molecule has 2 aromatic rings. The molecule has 0 aliphatic carbocycles. The molecule has 0 N–H and O–H groups in total.